The van der Waals surface area contributed by atoms with Gasteiger partial charge < -0.3 is 20.1 Å². The first-order valence-electron chi connectivity index (χ1n) is 12.2. The van der Waals surface area contributed by atoms with Gasteiger partial charge >= 0.3 is 12.1 Å². The molecule has 2 aliphatic rings. The summed E-state index contributed by atoms with van der Waals surface area (Å²) in [6.07, 6.45) is 1.42. The molecule has 2 atom stereocenters. The molecule has 0 aromatic heterocycles. The number of alkyl carbamates (subject to hydrolysis) is 1. The van der Waals surface area contributed by atoms with Gasteiger partial charge in [-0.2, -0.15) is 0 Å². The van der Waals surface area contributed by atoms with E-state index >= 15 is 0 Å². The molecule has 7 heteroatoms. The minimum absolute atomic E-state index is 0.0447. The summed E-state index contributed by atoms with van der Waals surface area (Å²) in [6.45, 7) is 7.09. The van der Waals surface area contributed by atoms with Crippen LogP contribution in [0.25, 0.3) is 11.1 Å². The zero-order valence-electron chi connectivity index (χ0n) is 20.8. The fraction of sp³-hybridized carbons (Fsp3) is 0.464. The zero-order valence-corrected chi connectivity index (χ0v) is 20.8. The monoisotopic (exact) mass is 478 g/mol. The lowest BCUT2D eigenvalue weighted by molar-refractivity contribution is -0.154. The van der Waals surface area contributed by atoms with Gasteiger partial charge in [0.05, 0.1) is 5.41 Å². The van der Waals surface area contributed by atoms with Crippen LogP contribution in [0.1, 0.15) is 64.0 Å². The lowest BCUT2D eigenvalue weighted by Gasteiger charge is -2.41. The Morgan fingerprint density at radius 1 is 1.06 bits per heavy atom. The molecule has 2 amide bonds. The molecular weight excluding hydrogens is 444 g/mol. The van der Waals surface area contributed by atoms with Crippen molar-refractivity contribution in [2.75, 3.05) is 13.2 Å². The number of aliphatic carboxylic acids is 1. The molecule has 2 aromatic carbocycles. The molecule has 186 valence electrons. The maximum atomic E-state index is 13.6. The first kappa shape index (κ1) is 24.8. The largest absolute Gasteiger partial charge is 0.480 e. The van der Waals surface area contributed by atoms with Gasteiger partial charge in [-0.15, -0.1) is 0 Å². The molecule has 0 heterocycles. The van der Waals surface area contributed by atoms with E-state index in [1.54, 1.807) is 0 Å². The van der Waals surface area contributed by atoms with Crippen LogP contribution < -0.4 is 5.32 Å². The van der Waals surface area contributed by atoms with E-state index in [-0.39, 0.29) is 25.0 Å². The lowest BCUT2D eigenvalue weighted by Crippen LogP contribution is -2.58. The third-order valence-electron chi connectivity index (χ3n) is 7.43. The van der Waals surface area contributed by atoms with Crippen LogP contribution in [0.15, 0.2) is 48.5 Å². The summed E-state index contributed by atoms with van der Waals surface area (Å²) < 4.78 is 5.70. The van der Waals surface area contributed by atoms with Crippen LogP contribution in [-0.4, -0.2) is 52.7 Å². The number of benzene rings is 2. The molecule has 7 nitrogen and oxygen atoms in total. The van der Waals surface area contributed by atoms with Crippen LogP contribution >= 0.6 is 0 Å². The zero-order chi connectivity index (χ0) is 25.4. The van der Waals surface area contributed by atoms with Crippen molar-refractivity contribution in [3.63, 3.8) is 0 Å². The van der Waals surface area contributed by atoms with Gasteiger partial charge in [-0.1, -0.05) is 55.0 Å². The van der Waals surface area contributed by atoms with Gasteiger partial charge in [0, 0.05) is 17.5 Å². The minimum Gasteiger partial charge on any atom is -0.480 e. The second-order valence-corrected chi connectivity index (χ2v) is 10.8. The Morgan fingerprint density at radius 2 is 1.63 bits per heavy atom. The first-order valence-corrected chi connectivity index (χ1v) is 12.2. The smallest absolute Gasteiger partial charge is 0.407 e. The van der Waals surface area contributed by atoms with Gasteiger partial charge in [-0.05, 0) is 62.8 Å². The van der Waals surface area contributed by atoms with E-state index in [0.29, 0.717) is 12.8 Å². The maximum absolute atomic E-state index is 13.6. The summed E-state index contributed by atoms with van der Waals surface area (Å²) in [5.41, 5.74) is 3.04. The highest BCUT2D eigenvalue weighted by molar-refractivity contribution is 5.88. The minimum atomic E-state index is -1.06. The number of nitrogens with one attached hydrogen (secondary N) is 1. The summed E-state index contributed by atoms with van der Waals surface area (Å²) in [4.78, 5) is 39.3. The van der Waals surface area contributed by atoms with Gasteiger partial charge in [0.1, 0.15) is 13.2 Å². The number of nitrogens with zero attached hydrogens (tertiary/aromatic N) is 1. The third kappa shape index (κ3) is 4.77. The van der Waals surface area contributed by atoms with Crippen LogP contribution in [0.5, 0.6) is 0 Å². The van der Waals surface area contributed by atoms with E-state index in [0.717, 1.165) is 28.7 Å². The summed E-state index contributed by atoms with van der Waals surface area (Å²) >= 11 is 0. The molecule has 0 aliphatic heterocycles. The van der Waals surface area contributed by atoms with Crippen molar-refractivity contribution < 1.29 is 24.2 Å². The fourth-order valence-electron chi connectivity index (χ4n) is 5.49. The second-order valence-electron chi connectivity index (χ2n) is 10.8. The molecule has 1 fully saturated rings. The summed E-state index contributed by atoms with van der Waals surface area (Å²) in [6, 6.07) is 15.9. The predicted molar refractivity (Wildman–Crippen MR) is 133 cm³/mol. The van der Waals surface area contributed by atoms with E-state index in [2.05, 4.69) is 29.6 Å². The van der Waals surface area contributed by atoms with Gasteiger partial charge in [0.25, 0.3) is 0 Å². The number of ether oxygens (including phenoxy) is 1. The quantitative estimate of drug-likeness (QED) is 0.622. The van der Waals surface area contributed by atoms with Crippen molar-refractivity contribution in [3.8, 4) is 11.1 Å². The molecule has 1 saturated carbocycles. The van der Waals surface area contributed by atoms with Crippen LogP contribution in [-0.2, 0) is 14.3 Å². The second kappa shape index (κ2) is 9.36. The average Bonchev–Trinajstić information content (AvgIpc) is 3.33. The number of hydrogen-bond donors (Lipinski definition) is 2. The maximum Gasteiger partial charge on any atom is 0.407 e. The Labute approximate surface area is 206 Å². The standard InChI is InChI=1S/C28H34N2O5/c1-27(2,3)30(16-24(31)32)25(33)28(4)15-9-14-23(28)29-26(34)35-17-22-20-12-7-5-10-18(20)19-11-6-8-13-21(19)22/h5-8,10-13,22-23H,9,14-17H2,1-4H3,(H,29,34)(H,31,32). The van der Waals surface area contributed by atoms with E-state index < -0.39 is 29.1 Å². The fourth-order valence-corrected chi connectivity index (χ4v) is 5.49. The Balaban J connectivity index is 1.45. The summed E-state index contributed by atoms with van der Waals surface area (Å²) in [7, 11) is 0. The van der Waals surface area contributed by atoms with Gasteiger partial charge in [-0.3, -0.25) is 9.59 Å². The summed E-state index contributed by atoms with van der Waals surface area (Å²) in [5, 5.41) is 12.3. The molecule has 2 unspecified atom stereocenters. The number of carbonyl (C=O) groups excluding carboxylic acids is 2. The molecule has 2 N–H and O–H groups in total. The van der Waals surface area contributed by atoms with Crippen molar-refractivity contribution in [1.82, 2.24) is 10.2 Å². The van der Waals surface area contributed by atoms with E-state index in [1.165, 1.54) is 4.90 Å². The Bertz CT molecular complexity index is 1090. The number of carbonyl (C=O) groups is 3. The van der Waals surface area contributed by atoms with Crippen LogP contribution in [0.2, 0.25) is 0 Å². The molecule has 0 radical (unpaired) electrons. The third-order valence-corrected chi connectivity index (χ3v) is 7.43. The average molecular weight is 479 g/mol. The molecule has 0 spiro atoms. The molecule has 35 heavy (non-hydrogen) atoms. The number of amides is 2. The first-order chi connectivity index (χ1) is 16.5. The van der Waals surface area contributed by atoms with Gasteiger partial charge in [-0.25, -0.2) is 4.79 Å². The highest BCUT2D eigenvalue weighted by atomic mass is 16.5. The molecule has 2 aliphatic carbocycles. The van der Waals surface area contributed by atoms with Crippen LogP contribution in [0.4, 0.5) is 4.79 Å². The normalized spacial score (nSPS) is 21.2. The number of fused-ring (bicyclic) bond motifs is 3. The highest BCUT2D eigenvalue weighted by Crippen LogP contribution is 2.45. The van der Waals surface area contributed by atoms with Crippen molar-refractivity contribution >= 4 is 18.0 Å². The Hall–Kier alpha value is -3.35. The van der Waals surface area contributed by atoms with Crippen molar-refractivity contribution in [2.45, 2.75) is 64.5 Å². The van der Waals surface area contributed by atoms with E-state index in [4.69, 9.17) is 4.74 Å². The topological polar surface area (TPSA) is 95.9 Å². The van der Waals surface area contributed by atoms with Crippen molar-refractivity contribution in [1.29, 1.82) is 0 Å². The lowest BCUT2D eigenvalue weighted by atomic mass is 9.82. The SMILES string of the molecule is CC1(C(=O)N(CC(=O)O)C(C)(C)C)CCCC1NC(=O)OCC1c2ccccc2-c2ccccc21. The van der Waals surface area contributed by atoms with Crippen molar-refractivity contribution in [3.05, 3.63) is 59.7 Å². The van der Waals surface area contributed by atoms with Gasteiger partial charge in [0.2, 0.25) is 5.91 Å². The van der Waals surface area contributed by atoms with Crippen LogP contribution in [0, 0.1) is 5.41 Å². The number of carboxylic acid groups (broad SMARTS) is 1. The number of carboxylic acids is 1. The predicted octanol–water partition coefficient (Wildman–Crippen LogP) is 4.80. The number of hydrogen-bond acceptors (Lipinski definition) is 4. The highest BCUT2D eigenvalue weighted by Gasteiger charge is 2.49. The van der Waals surface area contributed by atoms with Gasteiger partial charge in [0.15, 0.2) is 0 Å². The Kier molecular flexibility index (Phi) is 6.62. The molecule has 4 rings (SSSR count). The summed E-state index contributed by atoms with van der Waals surface area (Å²) in [5.74, 6) is -1.36. The van der Waals surface area contributed by atoms with Crippen LogP contribution in [0.3, 0.4) is 0 Å². The van der Waals surface area contributed by atoms with Crippen molar-refractivity contribution in [2.24, 2.45) is 5.41 Å². The molecule has 2 aromatic rings. The number of rotatable bonds is 6. The molecule has 0 bridgehead atoms. The van der Waals surface area contributed by atoms with E-state index in [1.807, 2.05) is 52.0 Å². The van der Waals surface area contributed by atoms with E-state index in [9.17, 15) is 19.5 Å². The molecular formula is C28H34N2O5. The Morgan fingerprint density at radius 3 is 2.17 bits per heavy atom. The molecule has 0 saturated heterocycles.